The summed E-state index contributed by atoms with van der Waals surface area (Å²) in [5.41, 5.74) is 3.99. The van der Waals surface area contributed by atoms with Crippen molar-refractivity contribution in [2.75, 3.05) is 53.0 Å². The maximum absolute atomic E-state index is 5.56. The number of hydrogen-bond acceptors (Lipinski definition) is 4. The topological polar surface area (TPSA) is 52.1 Å². The quantitative estimate of drug-likeness (QED) is 0.292. The molecule has 0 spiro atoms. The second-order valence-corrected chi connectivity index (χ2v) is 8.68. The van der Waals surface area contributed by atoms with Crippen LogP contribution in [0.15, 0.2) is 59.6 Å². The summed E-state index contributed by atoms with van der Waals surface area (Å²) in [5, 5.41) is 7.02. The molecule has 2 aromatic carbocycles. The van der Waals surface area contributed by atoms with E-state index in [0.29, 0.717) is 6.04 Å². The van der Waals surface area contributed by atoms with Crippen molar-refractivity contribution in [3.05, 3.63) is 71.3 Å². The largest absolute Gasteiger partial charge is 0.379 e. The molecule has 2 fully saturated rings. The summed E-state index contributed by atoms with van der Waals surface area (Å²) in [7, 11) is 1.83. The van der Waals surface area contributed by atoms with E-state index in [1.54, 1.807) is 0 Å². The second-order valence-electron chi connectivity index (χ2n) is 8.68. The standard InChI is InChI=1S/C26H37N5O.HI/c1-27-26(28-19-22-9-11-23(12-10-22)21-30-13-5-6-14-30)29-20-25(24-7-3-2-4-8-24)31-15-17-32-18-16-31;/h2-4,7-12,25H,5-6,13-21H2,1H3,(H2,27,28,29);1H. The van der Waals surface area contributed by atoms with Crippen molar-refractivity contribution in [1.82, 2.24) is 20.4 Å². The van der Waals surface area contributed by atoms with Crippen molar-refractivity contribution in [1.29, 1.82) is 0 Å². The van der Waals surface area contributed by atoms with E-state index < -0.39 is 0 Å². The fraction of sp³-hybridized carbons (Fsp3) is 0.500. The molecule has 2 aliphatic heterocycles. The summed E-state index contributed by atoms with van der Waals surface area (Å²) < 4.78 is 5.56. The molecule has 6 nitrogen and oxygen atoms in total. The molecule has 4 rings (SSSR count). The molecule has 2 heterocycles. The first-order valence-electron chi connectivity index (χ1n) is 11.9. The van der Waals surface area contributed by atoms with Gasteiger partial charge < -0.3 is 15.4 Å². The van der Waals surface area contributed by atoms with Crippen LogP contribution in [-0.4, -0.2) is 68.7 Å². The molecule has 0 radical (unpaired) electrons. The van der Waals surface area contributed by atoms with Crippen LogP contribution in [-0.2, 0) is 17.8 Å². The molecular weight excluding hydrogens is 525 g/mol. The van der Waals surface area contributed by atoms with Gasteiger partial charge in [-0.1, -0.05) is 54.6 Å². The Bertz CT molecular complexity index is 834. The first-order valence-corrected chi connectivity index (χ1v) is 11.9. The Morgan fingerprint density at radius 3 is 2.24 bits per heavy atom. The van der Waals surface area contributed by atoms with Crippen LogP contribution in [0.3, 0.4) is 0 Å². The summed E-state index contributed by atoms with van der Waals surface area (Å²) in [6.07, 6.45) is 2.68. The molecule has 2 N–H and O–H groups in total. The van der Waals surface area contributed by atoms with Gasteiger partial charge in [0, 0.05) is 39.8 Å². The molecule has 2 saturated heterocycles. The number of nitrogens with zero attached hydrogens (tertiary/aromatic N) is 3. The number of likely N-dealkylation sites (tertiary alicyclic amines) is 1. The molecule has 0 aliphatic carbocycles. The Hall–Kier alpha value is -1.68. The van der Waals surface area contributed by atoms with E-state index in [-0.39, 0.29) is 24.0 Å². The number of halogens is 1. The third kappa shape index (κ3) is 7.95. The van der Waals surface area contributed by atoms with Crippen molar-refractivity contribution < 1.29 is 4.74 Å². The first kappa shape index (κ1) is 25.9. The van der Waals surface area contributed by atoms with Gasteiger partial charge >= 0.3 is 0 Å². The van der Waals surface area contributed by atoms with Crippen molar-refractivity contribution in [3.63, 3.8) is 0 Å². The normalized spacial score (nSPS) is 18.5. The van der Waals surface area contributed by atoms with Gasteiger partial charge in [0.15, 0.2) is 5.96 Å². The number of morpholine rings is 1. The molecule has 1 unspecified atom stereocenters. The van der Waals surface area contributed by atoms with Gasteiger partial charge in [-0.2, -0.15) is 0 Å². The molecule has 2 aromatic rings. The van der Waals surface area contributed by atoms with E-state index in [4.69, 9.17) is 4.74 Å². The molecule has 180 valence electrons. The fourth-order valence-corrected chi connectivity index (χ4v) is 4.58. The Kier molecular flexibility index (Phi) is 10.9. The highest BCUT2D eigenvalue weighted by atomic mass is 127. The first-order chi connectivity index (χ1) is 15.8. The van der Waals surface area contributed by atoms with Gasteiger partial charge in [-0.25, -0.2) is 0 Å². The maximum Gasteiger partial charge on any atom is 0.191 e. The van der Waals surface area contributed by atoms with Crippen LogP contribution in [0, 0.1) is 0 Å². The van der Waals surface area contributed by atoms with Crippen LogP contribution in [0.25, 0.3) is 0 Å². The molecule has 1 atom stereocenters. The second kappa shape index (κ2) is 13.9. The van der Waals surface area contributed by atoms with Gasteiger partial charge in [0.1, 0.15) is 0 Å². The number of rotatable bonds is 8. The predicted octanol–water partition coefficient (Wildman–Crippen LogP) is 3.64. The minimum absolute atomic E-state index is 0. The van der Waals surface area contributed by atoms with Crippen molar-refractivity contribution in [2.24, 2.45) is 4.99 Å². The Morgan fingerprint density at radius 1 is 0.909 bits per heavy atom. The Morgan fingerprint density at radius 2 is 1.58 bits per heavy atom. The number of aliphatic imine (C=N–C) groups is 1. The highest BCUT2D eigenvalue weighted by molar-refractivity contribution is 14.0. The van der Waals surface area contributed by atoms with Gasteiger partial charge in [0.25, 0.3) is 0 Å². The minimum Gasteiger partial charge on any atom is -0.379 e. The zero-order chi connectivity index (χ0) is 22.0. The number of benzene rings is 2. The fourth-order valence-electron chi connectivity index (χ4n) is 4.58. The third-order valence-corrected chi connectivity index (χ3v) is 6.45. The third-order valence-electron chi connectivity index (χ3n) is 6.45. The summed E-state index contributed by atoms with van der Waals surface area (Å²) in [6.45, 7) is 8.61. The monoisotopic (exact) mass is 563 g/mol. The van der Waals surface area contributed by atoms with E-state index in [1.165, 1.54) is 42.6 Å². The number of nitrogens with one attached hydrogen (secondary N) is 2. The van der Waals surface area contributed by atoms with E-state index in [0.717, 1.165) is 51.9 Å². The van der Waals surface area contributed by atoms with E-state index >= 15 is 0 Å². The predicted molar refractivity (Wildman–Crippen MR) is 146 cm³/mol. The SMILES string of the molecule is CN=C(NCc1ccc(CN2CCCC2)cc1)NCC(c1ccccc1)N1CCOCC1.I. The lowest BCUT2D eigenvalue weighted by atomic mass is 10.0. The molecule has 2 aliphatic rings. The molecule has 0 aromatic heterocycles. The minimum atomic E-state index is 0. The summed E-state index contributed by atoms with van der Waals surface area (Å²) in [6, 6.07) is 20.0. The van der Waals surface area contributed by atoms with Crippen molar-refractivity contribution in [2.45, 2.75) is 32.0 Å². The lowest BCUT2D eigenvalue weighted by molar-refractivity contribution is 0.0170. The van der Waals surface area contributed by atoms with Crippen LogP contribution in [0.5, 0.6) is 0 Å². The van der Waals surface area contributed by atoms with Crippen LogP contribution >= 0.6 is 24.0 Å². The van der Waals surface area contributed by atoms with E-state index in [9.17, 15) is 0 Å². The number of guanidine groups is 1. The van der Waals surface area contributed by atoms with Crippen molar-refractivity contribution in [3.8, 4) is 0 Å². The van der Waals surface area contributed by atoms with Crippen molar-refractivity contribution >= 4 is 29.9 Å². The highest BCUT2D eigenvalue weighted by Gasteiger charge is 2.22. The number of ether oxygens (including phenoxy) is 1. The van der Waals surface area contributed by atoms with Crippen LogP contribution in [0.4, 0.5) is 0 Å². The average Bonchev–Trinajstić information content (AvgIpc) is 3.36. The molecule has 0 bridgehead atoms. The summed E-state index contributed by atoms with van der Waals surface area (Å²) >= 11 is 0. The summed E-state index contributed by atoms with van der Waals surface area (Å²) in [4.78, 5) is 9.48. The zero-order valence-electron chi connectivity index (χ0n) is 19.7. The van der Waals surface area contributed by atoms with Gasteiger partial charge in [0.05, 0.1) is 19.3 Å². The molecule has 7 heteroatoms. The maximum atomic E-state index is 5.56. The zero-order valence-corrected chi connectivity index (χ0v) is 22.0. The smallest absolute Gasteiger partial charge is 0.191 e. The van der Waals surface area contributed by atoms with Gasteiger partial charge in [-0.05, 0) is 42.6 Å². The summed E-state index contributed by atoms with van der Waals surface area (Å²) in [5.74, 6) is 0.834. The van der Waals surface area contributed by atoms with Gasteiger partial charge in [0.2, 0.25) is 0 Å². The van der Waals surface area contributed by atoms with E-state index in [1.807, 2.05) is 7.05 Å². The van der Waals surface area contributed by atoms with Crippen LogP contribution in [0.1, 0.15) is 35.6 Å². The average molecular weight is 564 g/mol. The molecule has 33 heavy (non-hydrogen) atoms. The Balaban J connectivity index is 0.00000306. The Labute approximate surface area is 215 Å². The van der Waals surface area contributed by atoms with E-state index in [2.05, 4.69) is 80.0 Å². The van der Waals surface area contributed by atoms with Gasteiger partial charge in [-0.15, -0.1) is 24.0 Å². The lowest BCUT2D eigenvalue weighted by Gasteiger charge is -2.35. The van der Waals surface area contributed by atoms with Gasteiger partial charge in [-0.3, -0.25) is 14.8 Å². The highest BCUT2D eigenvalue weighted by Crippen LogP contribution is 2.21. The van der Waals surface area contributed by atoms with Crippen LogP contribution < -0.4 is 10.6 Å². The lowest BCUT2D eigenvalue weighted by Crippen LogP contribution is -2.46. The molecule has 0 saturated carbocycles. The number of hydrogen-bond donors (Lipinski definition) is 2. The van der Waals surface area contributed by atoms with Crippen LogP contribution in [0.2, 0.25) is 0 Å². The molecule has 0 amide bonds. The molecular formula is C26H38IN5O.